The zero-order chi connectivity index (χ0) is 40.6. The van der Waals surface area contributed by atoms with Gasteiger partial charge in [0, 0.05) is 110 Å². The lowest BCUT2D eigenvalue weighted by atomic mass is 9.91. The van der Waals surface area contributed by atoms with Gasteiger partial charge in [0.15, 0.2) is 0 Å². The lowest BCUT2D eigenvalue weighted by Crippen LogP contribution is -2.62. The van der Waals surface area contributed by atoms with Gasteiger partial charge in [0.1, 0.15) is 11.8 Å². The Morgan fingerprint density at radius 3 is 2.27 bits per heavy atom. The minimum absolute atomic E-state index is 0.113. The third-order valence-electron chi connectivity index (χ3n) is 15.3. The van der Waals surface area contributed by atoms with Crippen molar-refractivity contribution in [1.82, 2.24) is 29.8 Å². The molecule has 60 heavy (non-hydrogen) atoms. The number of amides is 4. The Bertz CT molecular complexity index is 2190. The highest BCUT2D eigenvalue weighted by molar-refractivity contribution is 6.06. The van der Waals surface area contributed by atoms with Crippen LogP contribution < -0.4 is 19.9 Å². The zero-order valence-corrected chi connectivity index (χ0v) is 34.9. The van der Waals surface area contributed by atoms with E-state index in [-0.39, 0.29) is 48.1 Å². The fraction of sp³-hybridized carbons (Fsp3) is 0.596. The Morgan fingerprint density at radius 1 is 0.800 bits per heavy atom. The summed E-state index contributed by atoms with van der Waals surface area (Å²) in [4.78, 5) is 62.4. The number of nitrogens with one attached hydrogen (secondary N) is 1. The van der Waals surface area contributed by atoms with Gasteiger partial charge in [-0.3, -0.25) is 34.1 Å². The molecule has 316 valence electrons. The number of imide groups is 1. The van der Waals surface area contributed by atoms with Gasteiger partial charge in [-0.05, 0) is 114 Å². The summed E-state index contributed by atoms with van der Waals surface area (Å²) in [6.45, 7) is 8.95. The van der Waals surface area contributed by atoms with Crippen LogP contribution in [0.2, 0.25) is 0 Å². The first-order valence-electron chi connectivity index (χ1n) is 23.0. The Balaban J connectivity index is 0.677. The molecule has 8 aliphatic rings. The predicted molar refractivity (Wildman–Crippen MR) is 227 cm³/mol. The molecule has 0 bridgehead atoms. The van der Waals surface area contributed by atoms with E-state index >= 15 is 0 Å². The molecule has 13 nitrogen and oxygen atoms in total. The van der Waals surface area contributed by atoms with Crippen LogP contribution in [0, 0.1) is 5.92 Å². The van der Waals surface area contributed by atoms with Crippen molar-refractivity contribution in [3.05, 3.63) is 59.4 Å². The first-order chi connectivity index (χ1) is 29.3. The number of likely N-dealkylation sites (tertiary alicyclic amines) is 2. The molecule has 2 aromatic carbocycles. The second-order valence-electron chi connectivity index (χ2n) is 19.0. The molecule has 3 aromatic rings. The number of carbonyl (C=O) groups excluding carboxylic acids is 4. The van der Waals surface area contributed by atoms with Gasteiger partial charge in [0.2, 0.25) is 17.7 Å². The molecule has 4 amide bonds. The summed E-state index contributed by atoms with van der Waals surface area (Å²) in [5.74, 6) is 0.709. The van der Waals surface area contributed by atoms with E-state index in [0.717, 1.165) is 124 Å². The zero-order valence-electron chi connectivity index (χ0n) is 34.9. The van der Waals surface area contributed by atoms with Crippen LogP contribution in [0.4, 0.5) is 11.4 Å². The van der Waals surface area contributed by atoms with Crippen molar-refractivity contribution < 1.29 is 23.9 Å². The smallest absolute Gasteiger partial charge is 0.255 e. The number of anilines is 2. The van der Waals surface area contributed by atoms with E-state index in [4.69, 9.17) is 9.84 Å². The number of fused-ring (bicyclic) bond motifs is 2. The summed E-state index contributed by atoms with van der Waals surface area (Å²) in [6.07, 6.45) is 17.1. The van der Waals surface area contributed by atoms with Crippen molar-refractivity contribution in [3.63, 3.8) is 0 Å². The SMILES string of the molecule is C[C@H]1CCc2c(ccc(-c3cnn(C4CCN(C5CCN(C6CN(c7ccc8c(c7)C(=O)N(C7CCC(=O)NC7=O)C8)C6)CC5)CC4)c3)c2OC2CCC2)N1C(=O)C1CC1. The molecule has 1 N–H and O–H groups in total. The number of benzene rings is 2. The number of aromatic nitrogens is 2. The van der Waals surface area contributed by atoms with E-state index in [1.165, 1.54) is 24.8 Å². The quantitative estimate of drug-likeness (QED) is 0.287. The van der Waals surface area contributed by atoms with Crippen LogP contribution in [-0.2, 0) is 27.3 Å². The number of hydrogen-bond acceptors (Lipinski definition) is 9. The van der Waals surface area contributed by atoms with Gasteiger partial charge in [-0.25, -0.2) is 0 Å². The van der Waals surface area contributed by atoms with Crippen molar-refractivity contribution >= 4 is 35.0 Å². The Kier molecular flexibility index (Phi) is 9.74. The van der Waals surface area contributed by atoms with Crippen molar-refractivity contribution in [3.8, 4) is 16.9 Å². The van der Waals surface area contributed by atoms with Crippen LogP contribution in [0.5, 0.6) is 5.75 Å². The number of carbonyl (C=O) groups is 4. The second-order valence-corrected chi connectivity index (χ2v) is 19.0. The summed E-state index contributed by atoms with van der Waals surface area (Å²) in [5, 5.41) is 7.34. The minimum Gasteiger partial charge on any atom is -0.489 e. The van der Waals surface area contributed by atoms with E-state index in [9.17, 15) is 19.2 Å². The fourth-order valence-electron chi connectivity index (χ4n) is 11.1. The van der Waals surface area contributed by atoms with Crippen molar-refractivity contribution in [1.29, 1.82) is 0 Å². The molecular weight excluding hydrogens is 757 g/mol. The summed E-state index contributed by atoms with van der Waals surface area (Å²) >= 11 is 0. The number of piperidine rings is 3. The molecule has 6 fully saturated rings. The van der Waals surface area contributed by atoms with E-state index in [2.05, 4.69) is 60.9 Å². The maximum atomic E-state index is 13.4. The first kappa shape index (κ1) is 38.2. The summed E-state index contributed by atoms with van der Waals surface area (Å²) in [7, 11) is 0. The van der Waals surface area contributed by atoms with Crippen LogP contribution >= 0.6 is 0 Å². The highest BCUT2D eigenvalue weighted by Crippen LogP contribution is 2.46. The topological polar surface area (TPSA) is 124 Å². The lowest BCUT2D eigenvalue weighted by Gasteiger charge is -2.50. The number of rotatable bonds is 9. The normalized spacial score (nSPS) is 26.1. The fourth-order valence-corrected chi connectivity index (χ4v) is 11.1. The second kappa shape index (κ2) is 15.3. The number of ether oxygens (including phenoxy) is 1. The highest BCUT2D eigenvalue weighted by atomic mass is 16.5. The maximum absolute atomic E-state index is 13.4. The van der Waals surface area contributed by atoms with Gasteiger partial charge in [-0.15, -0.1) is 0 Å². The lowest BCUT2D eigenvalue weighted by molar-refractivity contribution is -0.137. The third-order valence-corrected chi connectivity index (χ3v) is 15.3. The van der Waals surface area contributed by atoms with Gasteiger partial charge < -0.3 is 24.3 Å². The molecule has 6 aliphatic heterocycles. The van der Waals surface area contributed by atoms with Gasteiger partial charge in [-0.2, -0.15) is 5.10 Å². The summed E-state index contributed by atoms with van der Waals surface area (Å²) in [5.41, 5.74) is 7.17. The van der Waals surface area contributed by atoms with Crippen LogP contribution in [0.15, 0.2) is 42.7 Å². The number of nitrogens with zero attached hydrogens (tertiary/aromatic N) is 7. The average molecular weight is 815 g/mol. The van der Waals surface area contributed by atoms with Crippen molar-refractivity contribution in [2.75, 3.05) is 49.1 Å². The molecule has 2 aliphatic carbocycles. The molecule has 0 spiro atoms. The largest absolute Gasteiger partial charge is 0.489 e. The van der Waals surface area contributed by atoms with Gasteiger partial charge in [0.25, 0.3) is 5.91 Å². The first-order valence-corrected chi connectivity index (χ1v) is 23.0. The standard InChI is InChI=1S/C47H58N8O5/c1-29-5-10-39-41(55(29)46(58)30-6-7-30)12-11-38(44(39)60-37-3-2-4-37)32-24-48-54(26-32)34-17-21-50(22-18-34)33-15-19-51(20-16-33)36-27-52(28-36)35-9-8-31-25-53(47(59)40(31)23-35)42-13-14-43(56)49-45(42)57/h8-9,11-12,23-24,26,29-30,33-34,36-37,42H,2-7,10,13-22,25,27-28H2,1H3,(H,49,56,57)/t29-,42?/m0/s1. The van der Waals surface area contributed by atoms with Gasteiger partial charge in [-0.1, -0.05) is 6.07 Å². The average Bonchev–Trinajstić information content (AvgIpc) is 3.88. The molecule has 1 aromatic heterocycles. The van der Waals surface area contributed by atoms with Crippen LogP contribution in [0.3, 0.4) is 0 Å². The van der Waals surface area contributed by atoms with Crippen LogP contribution in [0.25, 0.3) is 11.1 Å². The Morgan fingerprint density at radius 2 is 1.55 bits per heavy atom. The molecule has 7 heterocycles. The monoisotopic (exact) mass is 814 g/mol. The van der Waals surface area contributed by atoms with E-state index in [1.54, 1.807) is 4.90 Å². The van der Waals surface area contributed by atoms with Gasteiger partial charge in [0.05, 0.1) is 24.0 Å². The molecule has 4 saturated heterocycles. The Hall–Kier alpha value is -4.75. The molecule has 11 rings (SSSR count). The number of hydrogen-bond donors (Lipinski definition) is 1. The maximum Gasteiger partial charge on any atom is 0.255 e. The molecule has 0 radical (unpaired) electrons. The van der Waals surface area contributed by atoms with Crippen LogP contribution in [0.1, 0.15) is 112 Å². The van der Waals surface area contributed by atoms with E-state index in [0.29, 0.717) is 36.7 Å². The minimum atomic E-state index is -0.585. The van der Waals surface area contributed by atoms with Crippen molar-refractivity contribution in [2.45, 2.75) is 133 Å². The summed E-state index contributed by atoms with van der Waals surface area (Å²) < 4.78 is 9.00. The molecule has 1 unspecified atom stereocenters. The van der Waals surface area contributed by atoms with Crippen LogP contribution in [-0.4, -0.2) is 118 Å². The van der Waals surface area contributed by atoms with Crippen molar-refractivity contribution in [2.24, 2.45) is 5.92 Å². The molecular formula is C47H58N8O5. The molecule has 2 saturated carbocycles. The predicted octanol–water partition coefficient (Wildman–Crippen LogP) is 5.31. The third kappa shape index (κ3) is 6.89. The highest BCUT2D eigenvalue weighted by Gasteiger charge is 2.42. The van der Waals surface area contributed by atoms with Gasteiger partial charge >= 0.3 is 0 Å². The summed E-state index contributed by atoms with van der Waals surface area (Å²) in [6, 6.07) is 11.7. The molecule has 13 heteroatoms. The molecule has 2 atom stereocenters. The van der Waals surface area contributed by atoms with E-state index in [1.807, 2.05) is 18.3 Å². The Labute approximate surface area is 352 Å². The van der Waals surface area contributed by atoms with E-state index < -0.39 is 6.04 Å².